The molecule has 1 unspecified atom stereocenters. The molecule has 2 aliphatic heterocycles. The molecule has 1 fully saturated rings. The smallest absolute Gasteiger partial charge is 0.231 e. The Morgan fingerprint density at radius 3 is 3.06 bits per heavy atom. The van der Waals surface area contributed by atoms with Gasteiger partial charge >= 0.3 is 0 Å². The normalized spacial score (nSPS) is 22.2. The summed E-state index contributed by atoms with van der Waals surface area (Å²) in [6.45, 7) is 1.19. The highest BCUT2D eigenvalue weighted by atomic mass is 79.9. The molecule has 1 aromatic carbocycles. The van der Waals surface area contributed by atoms with Crippen LogP contribution >= 0.6 is 15.9 Å². The molecule has 0 radical (unpaired) electrons. The van der Waals surface area contributed by atoms with Crippen molar-refractivity contribution in [3.8, 4) is 11.5 Å². The van der Waals surface area contributed by atoms with Crippen molar-refractivity contribution in [1.82, 2.24) is 5.32 Å². The predicted octanol–water partition coefficient (Wildman–Crippen LogP) is 3.00. The quantitative estimate of drug-likeness (QED) is 0.910. The third-order valence-electron chi connectivity index (χ3n) is 3.51. The maximum absolute atomic E-state index is 14.2. The van der Waals surface area contributed by atoms with Crippen LogP contribution in [-0.4, -0.2) is 19.4 Å². The van der Waals surface area contributed by atoms with Crippen LogP contribution in [0.2, 0.25) is 0 Å². The highest BCUT2D eigenvalue weighted by molar-refractivity contribution is 9.10. The van der Waals surface area contributed by atoms with Gasteiger partial charge in [0, 0.05) is 17.7 Å². The van der Waals surface area contributed by atoms with Crippen molar-refractivity contribution in [3.05, 3.63) is 21.9 Å². The Bertz CT molecular complexity index is 461. The maximum atomic E-state index is 14.2. The van der Waals surface area contributed by atoms with Crippen molar-refractivity contribution in [1.29, 1.82) is 0 Å². The van der Waals surface area contributed by atoms with E-state index >= 15 is 0 Å². The van der Waals surface area contributed by atoms with Gasteiger partial charge in [0.2, 0.25) is 6.79 Å². The first-order valence-electron chi connectivity index (χ1n) is 6.25. The molecule has 0 amide bonds. The van der Waals surface area contributed by atoms with Crippen molar-refractivity contribution < 1.29 is 13.9 Å². The zero-order valence-electron chi connectivity index (χ0n) is 9.97. The van der Waals surface area contributed by atoms with Crippen molar-refractivity contribution in [2.75, 3.05) is 13.3 Å². The van der Waals surface area contributed by atoms with Crippen LogP contribution in [0.3, 0.4) is 0 Å². The van der Waals surface area contributed by atoms with Crippen LogP contribution < -0.4 is 14.8 Å². The Morgan fingerprint density at radius 2 is 2.28 bits per heavy atom. The summed E-state index contributed by atoms with van der Waals surface area (Å²) >= 11 is 3.23. The fraction of sp³-hybridized carbons (Fsp3) is 0.538. The number of halogens is 2. The molecular weight excluding hydrogens is 301 g/mol. The van der Waals surface area contributed by atoms with Crippen molar-refractivity contribution in [2.45, 2.75) is 31.7 Å². The molecular formula is C13H15BrFNO2. The van der Waals surface area contributed by atoms with E-state index in [1.54, 1.807) is 6.07 Å². The molecule has 0 aliphatic carbocycles. The van der Waals surface area contributed by atoms with E-state index in [4.69, 9.17) is 9.47 Å². The fourth-order valence-corrected chi connectivity index (χ4v) is 3.03. The van der Waals surface area contributed by atoms with E-state index < -0.39 is 0 Å². The Balaban J connectivity index is 1.90. The first-order chi connectivity index (χ1) is 8.75. The summed E-state index contributed by atoms with van der Waals surface area (Å²) in [5, 5.41) is 3.43. The van der Waals surface area contributed by atoms with Crippen molar-refractivity contribution in [2.24, 2.45) is 0 Å². The van der Waals surface area contributed by atoms with Gasteiger partial charge in [0.1, 0.15) is 5.82 Å². The number of ether oxygens (including phenoxy) is 2. The average Bonchev–Trinajstić information content (AvgIpc) is 2.84. The zero-order valence-corrected chi connectivity index (χ0v) is 11.6. The SMILES string of the molecule is Fc1c(Br)cc2c(c1CC1CCCCN1)OCO2. The molecule has 1 saturated heterocycles. The van der Waals surface area contributed by atoms with Crippen LogP contribution in [-0.2, 0) is 6.42 Å². The van der Waals surface area contributed by atoms with Crippen molar-refractivity contribution >= 4 is 15.9 Å². The molecule has 1 atom stereocenters. The molecule has 0 spiro atoms. The number of fused-ring (bicyclic) bond motifs is 1. The van der Waals surface area contributed by atoms with Crippen LogP contribution in [0, 0.1) is 5.82 Å². The predicted molar refractivity (Wildman–Crippen MR) is 69.6 cm³/mol. The second-order valence-electron chi connectivity index (χ2n) is 4.74. The summed E-state index contributed by atoms with van der Waals surface area (Å²) in [5.74, 6) is 0.976. The average molecular weight is 316 g/mol. The third kappa shape index (κ3) is 2.21. The topological polar surface area (TPSA) is 30.5 Å². The van der Waals surface area contributed by atoms with Crippen LogP contribution in [0.1, 0.15) is 24.8 Å². The Hall–Kier alpha value is -0.810. The fourth-order valence-electron chi connectivity index (χ4n) is 2.58. The number of piperidine rings is 1. The van der Waals surface area contributed by atoms with Crippen LogP contribution in [0.4, 0.5) is 4.39 Å². The third-order valence-corrected chi connectivity index (χ3v) is 4.09. The highest BCUT2D eigenvalue weighted by Gasteiger charge is 2.26. The van der Waals surface area contributed by atoms with E-state index in [0.29, 0.717) is 34.0 Å². The number of rotatable bonds is 2. The van der Waals surface area contributed by atoms with Gasteiger partial charge in [-0.1, -0.05) is 6.42 Å². The van der Waals surface area contributed by atoms with E-state index in [-0.39, 0.29) is 12.6 Å². The Kier molecular flexibility index (Phi) is 3.43. The minimum Gasteiger partial charge on any atom is -0.454 e. The number of hydrogen-bond acceptors (Lipinski definition) is 3. The van der Waals surface area contributed by atoms with E-state index in [0.717, 1.165) is 13.0 Å². The standard InChI is InChI=1S/C13H15BrFNO2/c14-10-6-11-13(18-7-17-11)9(12(10)15)5-8-3-1-2-4-16-8/h6,8,16H,1-5,7H2. The molecule has 5 heteroatoms. The molecule has 0 saturated carbocycles. The summed E-state index contributed by atoms with van der Waals surface area (Å²) in [6.07, 6.45) is 4.14. The van der Waals surface area contributed by atoms with Crippen LogP contribution in [0.15, 0.2) is 10.5 Å². The molecule has 98 valence electrons. The monoisotopic (exact) mass is 315 g/mol. The van der Waals surface area contributed by atoms with Crippen LogP contribution in [0.5, 0.6) is 11.5 Å². The zero-order chi connectivity index (χ0) is 12.5. The summed E-state index contributed by atoms with van der Waals surface area (Å²) in [6, 6.07) is 1.96. The molecule has 2 aliphatic rings. The lowest BCUT2D eigenvalue weighted by molar-refractivity contribution is 0.173. The van der Waals surface area contributed by atoms with Gasteiger partial charge in [-0.15, -0.1) is 0 Å². The van der Waals surface area contributed by atoms with E-state index in [2.05, 4.69) is 21.2 Å². The Labute approximate surface area is 114 Å². The molecule has 0 bridgehead atoms. The van der Waals surface area contributed by atoms with Gasteiger partial charge in [0.15, 0.2) is 11.5 Å². The van der Waals surface area contributed by atoms with Gasteiger partial charge < -0.3 is 14.8 Å². The number of hydrogen-bond donors (Lipinski definition) is 1. The maximum Gasteiger partial charge on any atom is 0.231 e. The lowest BCUT2D eigenvalue weighted by Crippen LogP contribution is -2.35. The second kappa shape index (κ2) is 5.05. The molecule has 3 rings (SSSR count). The summed E-state index contributed by atoms with van der Waals surface area (Å²) in [5.41, 5.74) is 0.622. The second-order valence-corrected chi connectivity index (χ2v) is 5.59. The minimum absolute atomic E-state index is 0.177. The van der Waals surface area contributed by atoms with Gasteiger partial charge in [0.25, 0.3) is 0 Å². The summed E-state index contributed by atoms with van der Waals surface area (Å²) < 4.78 is 25.4. The van der Waals surface area contributed by atoms with Gasteiger partial charge in [-0.3, -0.25) is 0 Å². The summed E-state index contributed by atoms with van der Waals surface area (Å²) in [4.78, 5) is 0. The Morgan fingerprint density at radius 1 is 1.39 bits per heavy atom. The van der Waals surface area contributed by atoms with Gasteiger partial charge in [-0.05, 0) is 41.7 Å². The lowest BCUT2D eigenvalue weighted by Gasteiger charge is -2.24. The van der Waals surface area contributed by atoms with E-state index in [9.17, 15) is 4.39 Å². The molecule has 18 heavy (non-hydrogen) atoms. The van der Waals surface area contributed by atoms with Gasteiger partial charge in [-0.2, -0.15) is 0 Å². The number of benzene rings is 1. The van der Waals surface area contributed by atoms with Gasteiger partial charge in [0.05, 0.1) is 4.47 Å². The first-order valence-corrected chi connectivity index (χ1v) is 7.05. The minimum atomic E-state index is -0.230. The summed E-state index contributed by atoms with van der Waals surface area (Å²) in [7, 11) is 0. The molecule has 1 N–H and O–H groups in total. The molecule has 2 heterocycles. The van der Waals surface area contributed by atoms with Crippen LogP contribution in [0.25, 0.3) is 0 Å². The highest BCUT2D eigenvalue weighted by Crippen LogP contribution is 2.41. The molecule has 0 aromatic heterocycles. The van der Waals surface area contributed by atoms with Gasteiger partial charge in [-0.25, -0.2) is 4.39 Å². The lowest BCUT2D eigenvalue weighted by atomic mass is 9.97. The number of nitrogens with one attached hydrogen (secondary N) is 1. The van der Waals surface area contributed by atoms with E-state index in [1.165, 1.54) is 12.8 Å². The molecule has 1 aromatic rings. The van der Waals surface area contributed by atoms with Crippen molar-refractivity contribution in [3.63, 3.8) is 0 Å². The molecule has 3 nitrogen and oxygen atoms in total. The first kappa shape index (κ1) is 12.2. The largest absolute Gasteiger partial charge is 0.454 e. The van der Waals surface area contributed by atoms with E-state index in [1.807, 2.05) is 0 Å².